The zero-order chi connectivity index (χ0) is 10.8. The molecule has 6 heteroatoms. The normalized spacial score (nSPS) is 10.3. The van der Waals surface area contributed by atoms with Crippen molar-refractivity contribution in [2.75, 3.05) is 0 Å². The molecule has 0 fully saturated rings. The fourth-order valence-corrected chi connectivity index (χ4v) is 1.67. The summed E-state index contributed by atoms with van der Waals surface area (Å²) in [5.74, 6) is 0. The minimum atomic E-state index is 0.101. The van der Waals surface area contributed by atoms with Gasteiger partial charge in [0.2, 0.25) is 5.28 Å². The van der Waals surface area contributed by atoms with Crippen LogP contribution in [-0.4, -0.2) is 15.2 Å². The second-order valence-electron chi connectivity index (χ2n) is 2.74. The van der Waals surface area contributed by atoms with Crippen molar-refractivity contribution in [1.82, 2.24) is 15.2 Å². The van der Waals surface area contributed by atoms with Crippen LogP contribution in [0.1, 0.15) is 0 Å². The third kappa shape index (κ3) is 2.37. The van der Waals surface area contributed by atoms with Crippen molar-refractivity contribution in [3.63, 3.8) is 0 Å². The van der Waals surface area contributed by atoms with Crippen molar-refractivity contribution in [1.29, 1.82) is 0 Å². The van der Waals surface area contributed by atoms with E-state index in [0.717, 1.165) is 5.56 Å². The highest BCUT2D eigenvalue weighted by atomic mass is 35.5. The van der Waals surface area contributed by atoms with Gasteiger partial charge in [-0.15, -0.1) is 10.2 Å². The summed E-state index contributed by atoms with van der Waals surface area (Å²) in [5, 5.41) is 8.67. The first-order chi connectivity index (χ1) is 7.16. The first-order valence-corrected chi connectivity index (χ1v) is 5.11. The van der Waals surface area contributed by atoms with Gasteiger partial charge in [-0.1, -0.05) is 23.2 Å². The summed E-state index contributed by atoms with van der Waals surface area (Å²) in [6, 6.07) is 5.11. The van der Waals surface area contributed by atoms with Crippen molar-refractivity contribution in [2.45, 2.75) is 0 Å². The maximum Gasteiger partial charge on any atom is 0.242 e. The van der Waals surface area contributed by atoms with Crippen LogP contribution in [-0.2, 0) is 0 Å². The summed E-state index contributed by atoms with van der Waals surface area (Å²) in [7, 11) is 0. The minimum absolute atomic E-state index is 0.101. The summed E-state index contributed by atoms with van der Waals surface area (Å²) in [6.07, 6.45) is 1.50. The van der Waals surface area contributed by atoms with E-state index in [-0.39, 0.29) is 5.28 Å². The Kier molecular flexibility index (Phi) is 3.05. The third-order valence-corrected chi connectivity index (χ3v) is 2.46. The fraction of sp³-hybridized carbons (Fsp3) is 0. The average Bonchev–Trinajstić information content (AvgIpc) is 2.20. The molecule has 0 radical (unpaired) electrons. The van der Waals surface area contributed by atoms with Crippen LogP contribution in [0.4, 0.5) is 0 Å². The van der Waals surface area contributed by atoms with Gasteiger partial charge in [0.15, 0.2) is 0 Å². The van der Waals surface area contributed by atoms with Gasteiger partial charge in [0.25, 0.3) is 0 Å². The molecule has 0 amide bonds. The van der Waals surface area contributed by atoms with E-state index in [9.17, 15) is 0 Å². The van der Waals surface area contributed by atoms with E-state index < -0.39 is 0 Å². The van der Waals surface area contributed by atoms with Gasteiger partial charge in [-0.3, -0.25) is 0 Å². The second kappa shape index (κ2) is 4.31. The first-order valence-electron chi connectivity index (χ1n) is 3.97. The molecule has 0 aliphatic heterocycles. The Morgan fingerprint density at radius 1 is 1.00 bits per heavy atom. The largest absolute Gasteiger partial charge is 0.242 e. The third-order valence-electron chi connectivity index (χ3n) is 1.74. The Hall–Kier alpha value is -0.900. The summed E-state index contributed by atoms with van der Waals surface area (Å²) in [4.78, 5) is 3.82. The molecule has 15 heavy (non-hydrogen) atoms. The Morgan fingerprint density at radius 2 is 1.80 bits per heavy atom. The maximum atomic E-state index is 5.99. The number of hydrogen-bond acceptors (Lipinski definition) is 3. The van der Waals surface area contributed by atoms with Gasteiger partial charge in [0, 0.05) is 10.6 Å². The van der Waals surface area contributed by atoms with E-state index in [1.165, 1.54) is 6.20 Å². The van der Waals surface area contributed by atoms with E-state index in [2.05, 4.69) is 15.2 Å². The molecule has 0 N–H and O–H groups in total. The Morgan fingerprint density at radius 3 is 2.40 bits per heavy atom. The predicted octanol–water partition coefficient (Wildman–Crippen LogP) is 3.50. The number of aromatic nitrogens is 3. The predicted molar refractivity (Wildman–Crippen MR) is 60.3 cm³/mol. The minimum Gasteiger partial charge on any atom is -0.223 e. The lowest BCUT2D eigenvalue weighted by molar-refractivity contribution is 0.977. The molecule has 0 saturated heterocycles. The molecule has 0 atom stereocenters. The molecule has 3 nitrogen and oxygen atoms in total. The Balaban J connectivity index is 2.49. The van der Waals surface area contributed by atoms with Gasteiger partial charge in [0.05, 0.1) is 11.2 Å². The number of nitrogens with zero attached hydrogens (tertiary/aromatic N) is 3. The van der Waals surface area contributed by atoms with E-state index in [4.69, 9.17) is 34.8 Å². The lowest BCUT2D eigenvalue weighted by Crippen LogP contribution is -1.91. The van der Waals surface area contributed by atoms with E-state index in [1.54, 1.807) is 18.2 Å². The zero-order valence-corrected chi connectivity index (χ0v) is 9.55. The zero-order valence-electron chi connectivity index (χ0n) is 7.28. The van der Waals surface area contributed by atoms with Gasteiger partial charge in [-0.25, -0.2) is 4.98 Å². The highest BCUT2D eigenvalue weighted by molar-refractivity contribution is 6.36. The van der Waals surface area contributed by atoms with Gasteiger partial charge in [-0.05, 0) is 29.8 Å². The quantitative estimate of drug-likeness (QED) is 0.788. The number of benzene rings is 1. The summed E-state index contributed by atoms with van der Waals surface area (Å²) in [6.45, 7) is 0. The molecule has 0 aliphatic rings. The van der Waals surface area contributed by atoms with Crippen LogP contribution in [0.3, 0.4) is 0 Å². The molecule has 0 unspecified atom stereocenters. The smallest absolute Gasteiger partial charge is 0.223 e. The van der Waals surface area contributed by atoms with Gasteiger partial charge in [-0.2, -0.15) is 0 Å². The van der Waals surface area contributed by atoms with Gasteiger partial charge >= 0.3 is 0 Å². The molecule has 2 rings (SSSR count). The van der Waals surface area contributed by atoms with Crippen molar-refractivity contribution >= 4 is 34.8 Å². The summed E-state index contributed by atoms with van der Waals surface area (Å²) < 4.78 is 0. The second-order valence-corrected chi connectivity index (χ2v) is 3.92. The summed E-state index contributed by atoms with van der Waals surface area (Å²) in [5.41, 5.74) is 1.28. The van der Waals surface area contributed by atoms with E-state index >= 15 is 0 Å². The van der Waals surface area contributed by atoms with E-state index in [1.807, 2.05) is 0 Å². The van der Waals surface area contributed by atoms with Gasteiger partial charge in [0.1, 0.15) is 5.69 Å². The Labute approximate surface area is 101 Å². The number of rotatable bonds is 1. The lowest BCUT2D eigenvalue weighted by Gasteiger charge is -2.02. The average molecular weight is 261 g/mol. The van der Waals surface area contributed by atoms with Crippen LogP contribution in [0.5, 0.6) is 0 Å². The molecular formula is C9H4Cl3N3. The molecule has 1 heterocycles. The van der Waals surface area contributed by atoms with Crippen molar-refractivity contribution in [2.24, 2.45) is 0 Å². The van der Waals surface area contributed by atoms with Crippen molar-refractivity contribution < 1.29 is 0 Å². The van der Waals surface area contributed by atoms with Crippen LogP contribution in [0.2, 0.25) is 15.3 Å². The molecule has 0 bridgehead atoms. The number of hydrogen-bond donors (Lipinski definition) is 0. The lowest BCUT2D eigenvalue weighted by atomic mass is 10.2. The molecule has 0 spiro atoms. The molecule has 1 aromatic heterocycles. The first kappa shape index (κ1) is 10.6. The molecule has 1 aromatic carbocycles. The molecule has 0 saturated carbocycles. The summed E-state index contributed by atoms with van der Waals surface area (Å²) >= 11 is 17.3. The van der Waals surface area contributed by atoms with Crippen molar-refractivity contribution in [3.05, 3.63) is 39.7 Å². The van der Waals surface area contributed by atoms with E-state index in [0.29, 0.717) is 15.7 Å². The molecule has 76 valence electrons. The van der Waals surface area contributed by atoms with Gasteiger partial charge < -0.3 is 0 Å². The van der Waals surface area contributed by atoms with Crippen LogP contribution < -0.4 is 0 Å². The monoisotopic (exact) mass is 259 g/mol. The van der Waals surface area contributed by atoms with Crippen molar-refractivity contribution in [3.8, 4) is 11.3 Å². The molecular weight excluding hydrogens is 256 g/mol. The van der Waals surface area contributed by atoms with Crippen LogP contribution >= 0.6 is 34.8 Å². The molecule has 0 aliphatic carbocycles. The highest BCUT2D eigenvalue weighted by Crippen LogP contribution is 2.28. The SMILES string of the molecule is Clc1ccc(-c2cnc(Cl)nn2)c(Cl)c1. The highest BCUT2D eigenvalue weighted by Gasteiger charge is 2.06. The fourth-order valence-electron chi connectivity index (χ4n) is 1.08. The standard InChI is InChI=1S/C9H4Cl3N3/c10-5-1-2-6(7(11)3-5)8-4-13-9(12)15-14-8/h1-4H. The molecule has 2 aromatic rings. The Bertz CT molecular complexity index is 484. The maximum absolute atomic E-state index is 5.99. The van der Waals surface area contributed by atoms with Crippen LogP contribution in [0, 0.1) is 0 Å². The topological polar surface area (TPSA) is 38.7 Å². The van der Waals surface area contributed by atoms with Crippen LogP contribution in [0.15, 0.2) is 24.4 Å². The van der Waals surface area contributed by atoms with Crippen LogP contribution in [0.25, 0.3) is 11.3 Å². The number of halogens is 3.